The van der Waals surface area contributed by atoms with Gasteiger partial charge in [-0.15, -0.1) is 5.75 Å². The number of hydrogen-bond donors (Lipinski definition) is 2. The minimum atomic E-state index is -1.03. The van der Waals surface area contributed by atoms with E-state index < -0.39 is 5.97 Å². The molecule has 2 aromatic rings. The molecule has 0 aliphatic rings. The summed E-state index contributed by atoms with van der Waals surface area (Å²) in [5.41, 5.74) is 0.796. The van der Waals surface area contributed by atoms with Gasteiger partial charge in [-0.25, -0.2) is 4.79 Å². The van der Waals surface area contributed by atoms with Crippen LogP contribution in [0.1, 0.15) is 10.4 Å². The minimum absolute atomic E-state index is 0.132. The van der Waals surface area contributed by atoms with E-state index >= 15 is 0 Å². The summed E-state index contributed by atoms with van der Waals surface area (Å²) < 4.78 is 0. The SMILES string of the molecule is O=C(O)c1c[nH]c2ccc([O-])cc12. The third kappa shape index (κ3) is 1.12. The second-order valence-electron chi connectivity index (χ2n) is 2.71. The molecule has 0 spiro atoms. The number of rotatable bonds is 1. The van der Waals surface area contributed by atoms with E-state index in [-0.39, 0.29) is 11.3 Å². The molecule has 0 aliphatic carbocycles. The summed E-state index contributed by atoms with van der Waals surface area (Å²) in [6.07, 6.45) is 1.38. The Hall–Kier alpha value is -1.97. The summed E-state index contributed by atoms with van der Waals surface area (Å²) in [6.45, 7) is 0. The Bertz CT molecular complexity index is 473. The van der Waals surface area contributed by atoms with Crippen molar-refractivity contribution in [3.8, 4) is 5.75 Å². The molecule has 1 heterocycles. The van der Waals surface area contributed by atoms with Crippen molar-refractivity contribution in [1.29, 1.82) is 0 Å². The Morgan fingerprint density at radius 2 is 2.23 bits per heavy atom. The van der Waals surface area contributed by atoms with Gasteiger partial charge in [-0.2, -0.15) is 0 Å². The number of aromatic carboxylic acids is 1. The van der Waals surface area contributed by atoms with Gasteiger partial charge >= 0.3 is 5.97 Å². The van der Waals surface area contributed by atoms with E-state index in [9.17, 15) is 9.90 Å². The molecule has 0 radical (unpaired) electrons. The van der Waals surface area contributed by atoms with Crippen molar-refractivity contribution in [3.05, 3.63) is 30.0 Å². The first kappa shape index (κ1) is 7.67. The van der Waals surface area contributed by atoms with Crippen molar-refractivity contribution in [3.63, 3.8) is 0 Å². The van der Waals surface area contributed by atoms with Crippen LogP contribution >= 0.6 is 0 Å². The molecule has 0 saturated carbocycles. The summed E-state index contributed by atoms with van der Waals surface area (Å²) in [5.74, 6) is -1.22. The molecule has 0 unspecified atom stereocenters. The van der Waals surface area contributed by atoms with Crippen LogP contribution in [-0.4, -0.2) is 16.1 Å². The number of carboxylic acid groups (broad SMARTS) is 1. The largest absolute Gasteiger partial charge is 0.872 e. The van der Waals surface area contributed by atoms with E-state index in [1.54, 1.807) is 6.07 Å². The quantitative estimate of drug-likeness (QED) is 0.678. The number of carboxylic acids is 1. The summed E-state index contributed by atoms with van der Waals surface area (Å²) in [7, 11) is 0. The molecule has 2 rings (SSSR count). The predicted molar refractivity (Wildman–Crippen MR) is 44.7 cm³/mol. The fraction of sp³-hybridized carbons (Fsp3) is 0. The van der Waals surface area contributed by atoms with E-state index in [4.69, 9.17) is 5.11 Å². The first-order chi connectivity index (χ1) is 6.18. The van der Waals surface area contributed by atoms with Gasteiger partial charge in [0.25, 0.3) is 0 Å². The number of aromatic amines is 1. The highest BCUT2D eigenvalue weighted by Gasteiger charge is 2.08. The van der Waals surface area contributed by atoms with Gasteiger partial charge in [0.15, 0.2) is 0 Å². The van der Waals surface area contributed by atoms with Crippen LogP contribution in [-0.2, 0) is 0 Å². The number of aromatic nitrogens is 1. The maximum absolute atomic E-state index is 10.9. The average Bonchev–Trinajstić information content (AvgIpc) is 2.46. The van der Waals surface area contributed by atoms with Crippen molar-refractivity contribution in [1.82, 2.24) is 4.98 Å². The molecular formula is C9H6NO3-. The molecule has 0 atom stereocenters. The van der Waals surface area contributed by atoms with Crippen LogP contribution in [0.4, 0.5) is 0 Å². The van der Waals surface area contributed by atoms with E-state index in [0.29, 0.717) is 10.9 Å². The van der Waals surface area contributed by atoms with Gasteiger partial charge in [0.1, 0.15) is 0 Å². The lowest BCUT2D eigenvalue weighted by Crippen LogP contribution is -1.94. The second-order valence-corrected chi connectivity index (χ2v) is 2.71. The van der Waals surface area contributed by atoms with Gasteiger partial charge in [0, 0.05) is 17.1 Å². The number of carbonyl (C=O) groups is 1. The Kier molecular flexibility index (Phi) is 1.48. The molecule has 1 aromatic carbocycles. The number of benzene rings is 1. The minimum Gasteiger partial charge on any atom is -0.872 e. The fourth-order valence-corrected chi connectivity index (χ4v) is 1.28. The average molecular weight is 176 g/mol. The molecule has 0 fully saturated rings. The van der Waals surface area contributed by atoms with Crippen LogP contribution in [0.15, 0.2) is 24.4 Å². The second kappa shape index (κ2) is 2.52. The van der Waals surface area contributed by atoms with Gasteiger partial charge in [-0.3, -0.25) is 0 Å². The summed E-state index contributed by atoms with van der Waals surface area (Å²) in [5, 5.41) is 20.1. The van der Waals surface area contributed by atoms with Crippen LogP contribution < -0.4 is 5.11 Å². The first-order valence-electron chi connectivity index (χ1n) is 3.70. The molecule has 0 bridgehead atoms. The maximum atomic E-state index is 10.9. The number of fused-ring (bicyclic) bond motifs is 1. The number of H-pyrrole nitrogens is 1. The van der Waals surface area contributed by atoms with Crippen LogP contribution in [0.25, 0.3) is 10.9 Å². The molecule has 4 heteroatoms. The zero-order chi connectivity index (χ0) is 9.42. The van der Waals surface area contributed by atoms with Crippen LogP contribution in [0.3, 0.4) is 0 Å². The highest BCUT2D eigenvalue weighted by molar-refractivity contribution is 6.03. The lowest BCUT2D eigenvalue weighted by atomic mass is 10.2. The third-order valence-electron chi connectivity index (χ3n) is 1.88. The van der Waals surface area contributed by atoms with Crippen molar-refractivity contribution in [2.24, 2.45) is 0 Å². The first-order valence-corrected chi connectivity index (χ1v) is 3.70. The molecule has 0 saturated heterocycles. The van der Waals surface area contributed by atoms with Crippen molar-refractivity contribution in [2.45, 2.75) is 0 Å². The molecule has 1 aromatic heterocycles. The molecule has 0 amide bonds. The molecule has 13 heavy (non-hydrogen) atoms. The fourth-order valence-electron chi connectivity index (χ4n) is 1.28. The van der Waals surface area contributed by atoms with E-state index in [1.807, 2.05) is 0 Å². The Morgan fingerprint density at radius 3 is 2.92 bits per heavy atom. The number of nitrogens with one attached hydrogen (secondary N) is 1. The predicted octanol–water partition coefficient (Wildman–Crippen LogP) is 0.940. The van der Waals surface area contributed by atoms with Crippen molar-refractivity contribution in [2.75, 3.05) is 0 Å². The van der Waals surface area contributed by atoms with E-state index in [1.165, 1.54) is 18.3 Å². The zero-order valence-electron chi connectivity index (χ0n) is 6.57. The Balaban J connectivity index is 2.79. The summed E-state index contributed by atoms with van der Waals surface area (Å²) in [4.78, 5) is 13.4. The van der Waals surface area contributed by atoms with Crippen LogP contribution in [0.5, 0.6) is 5.75 Å². The number of hydrogen-bond acceptors (Lipinski definition) is 2. The maximum Gasteiger partial charge on any atom is 0.337 e. The standard InChI is InChI=1S/C9H7NO3/c11-5-1-2-8-6(3-5)7(4-10-8)9(12)13/h1-4,10-11H,(H,12,13)/p-1. The highest BCUT2D eigenvalue weighted by Crippen LogP contribution is 2.21. The summed E-state index contributed by atoms with van der Waals surface area (Å²) in [6, 6.07) is 4.28. The molecule has 66 valence electrons. The highest BCUT2D eigenvalue weighted by atomic mass is 16.4. The monoisotopic (exact) mass is 176 g/mol. The lowest BCUT2D eigenvalue weighted by molar-refractivity contribution is -0.268. The Labute approximate surface area is 73.4 Å². The lowest BCUT2D eigenvalue weighted by Gasteiger charge is -2.03. The van der Waals surface area contributed by atoms with Gasteiger partial charge in [-0.05, 0) is 6.07 Å². The molecular weight excluding hydrogens is 170 g/mol. The zero-order valence-corrected chi connectivity index (χ0v) is 6.57. The molecule has 4 nitrogen and oxygen atoms in total. The van der Waals surface area contributed by atoms with Crippen LogP contribution in [0, 0.1) is 0 Å². The topological polar surface area (TPSA) is 76.1 Å². The van der Waals surface area contributed by atoms with Gasteiger partial charge in [-0.1, -0.05) is 12.1 Å². The van der Waals surface area contributed by atoms with Gasteiger partial charge in [0.2, 0.25) is 0 Å². The third-order valence-corrected chi connectivity index (χ3v) is 1.88. The molecule has 0 aliphatic heterocycles. The van der Waals surface area contributed by atoms with Crippen molar-refractivity contribution >= 4 is 16.9 Å². The van der Waals surface area contributed by atoms with E-state index in [2.05, 4.69) is 4.98 Å². The smallest absolute Gasteiger partial charge is 0.337 e. The van der Waals surface area contributed by atoms with Crippen molar-refractivity contribution < 1.29 is 15.0 Å². The van der Waals surface area contributed by atoms with E-state index in [0.717, 1.165) is 0 Å². The molecule has 2 N–H and O–H groups in total. The Morgan fingerprint density at radius 1 is 1.46 bits per heavy atom. The van der Waals surface area contributed by atoms with Gasteiger partial charge < -0.3 is 15.2 Å². The van der Waals surface area contributed by atoms with Gasteiger partial charge in [0.05, 0.1) is 5.56 Å². The summed E-state index contributed by atoms with van der Waals surface area (Å²) >= 11 is 0. The van der Waals surface area contributed by atoms with Crippen LogP contribution in [0.2, 0.25) is 0 Å². The normalized spacial score (nSPS) is 10.5.